The molecule has 0 fully saturated rings. The van der Waals surface area contributed by atoms with Gasteiger partial charge < -0.3 is 5.32 Å². The number of nitrogens with zero attached hydrogens (tertiary/aromatic N) is 3. The average Bonchev–Trinajstić information content (AvgIpc) is 2.82. The van der Waals surface area contributed by atoms with Gasteiger partial charge in [-0.25, -0.2) is 4.39 Å². The summed E-state index contributed by atoms with van der Waals surface area (Å²) in [7, 11) is 0. The SMILES string of the molecule is Fc1ccc(CNCCn2ccnn2)cc1Br. The maximum Gasteiger partial charge on any atom is 0.137 e. The lowest BCUT2D eigenvalue weighted by atomic mass is 10.2. The molecule has 0 amide bonds. The first-order chi connectivity index (χ1) is 8.25. The first-order valence-electron chi connectivity index (χ1n) is 5.24. The Balaban J connectivity index is 1.76. The molecule has 2 rings (SSSR count). The zero-order valence-electron chi connectivity index (χ0n) is 9.11. The summed E-state index contributed by atoms with van der Waals surface area (Å²) in [5, 5.41) is 10.8. The molecule has 0 atom stereocenters. The van der Waals surface area contributed by atoms with Gasteiger partial charge in [0.1, 0.15) is 5.82 Å². The molecule has 2 aromatic rings. The van der Waals surface area contributed by atoms with Crippen molar-refractivity contribution in [1.82, 2.24) is 20.3 Å². The molecular formula is C11H12BrFN4. The lowest BCUT2D eigenvalue weighted by molar-refractivity contribution is 0.539. The van der Waals surface area contributed by atoms with Crippen LogP contribution >= 0.6 is 15.9 Å². The highest BCUT2D eigenvalue weighted by atomic mass is 79.9. The van der Waals surface area contributed by atoms with Gasteiger partial charge >= 0.3 is 0 Å². The third kappa shape index (κ3) is 3.61. The first kappa shape index (κ1) is 12.2. The normalized spacial score (nSPS) is 10.7. The molecule has 0 aliphatic carbocycles. The average molecular weight is 299 g/mol. The molecule has 0 saturated heterocycles. The lowest BCUT2D eigenvalue weighted by Crippen LogP contribution is -2.19. The fraction of sp³-hybridized carbons (Fsp3) is 0.273. The zero-order chi connectivity index (χ0) is 12.1. The van der Waals surface area contributed by atoms with Crippen LogP contribution in [-0.2, 0) is 13.1 Å². The van der Waals surface area contributed by atoms with Gasteiger partial charge in [0.25, 0.3) is 0 Å². The number of benzene rings is 1. The predicted octanol–water partition coefficient (Wildman–Crippen LogP) is 1.97. The molecule has 0 aliphatic heterocycles. The Labute approximate surface area is 107 Å². The topological polar surface area (TPSA) is 42.7 Å². The zero-order valence-corrected chi connectivity index (χ0v) is 10.7. The van der Waals surface area contributed by atoms with Crippen LogP contribution in [-0.4, -0.2) is 21.5 Å². The summed E-state index contributed by atoms with van der Waals surface area (Å²) >= 11 is 3.16. The van der Waals surface area contributed by atoms with Gasteiger partial charge in [0.15, 0.2) is 0 Å². The van der Waals surface area contributed by atoms with Crippen LogP contribution in [0.3, 0.4) is 0 Å². The van der Waals surface area contributed by atoms with E-state index in [9.17, 15) is 4.39 Å². The highest BCUT2D eigenvalue weighted by Gasteiger charge is 2.00. The van der Waals surface area contributed by atoms with Crippen LogP contribution in [0.25, 0.3) is 0 Å². The van der Waals surface area contributed by atoms with Gasteiger partial charge in [-0.05, 0) is 33.6 Å². The van der Waals surface area contributed by atoms with Gasteiger partial charge in [-0.1, -0.05) is 11.3 Å². The molecule has 4 nitrogen and oxygen atoms in total. The molecule has 0 saturated carbocycles. The molecule has 0 bridgehead atoms. The van der Waals surface area contributed by atoms with Crippen molar-refractivity contribution < 1.29 is 4.39 Å². The summed E-state index contributed by atoms with van der Waals surface area (Å²) < 4.78 is 15.2. The quantitative estimate of drug-likeness (QED) is 0.858. The van der Waals surface area contributed by atoms with E-state index in [0.717, 1.165) is 18.7 Å². The Morgan fingerprint density at radius 2 is 2.29 bits per heavy atom. The third-order valence-corrected chi connectivity index (χ3v) is 2.91. The minimum absolute atomic E-state index is 0.239. The molecule has 0 unspecified atom stereocenters. The van der Waals surface area contributed by atoms with E-state index in [1.54, 1.807) is 23.0 Å². The molecule has 17 heavy (non-hydrogen) atoms. The van der Waals surface area contributed by atoms with Crippen LogP contribution in [0.15, 0.2) is 35.1 Å². The highest BCUT2D eigenvalue weighted by Crippen LogP contribution is 2.16. The van der Waals surface area contributed by atoms with E-state index in [2.05, 4.69) is 31.6 Å². The fourth-order valence-electron chi connectivity index (χ4n) is 1.43. The number of hydrogen-bond acceptors (Lipinski definition) is 3. The van der Waals surface area contributed by atoms with Crippen molar-refractivity contribution in [2.24, 2.45) is 0 Å². The third-order valence-electron chi connectivity index (χ3n) is 2.30. The largest absolute Gasteiger partial charge is 0.311 e. The maximum atomic E-state index is 13.0. The van der Waals surface area contributed by atoms with Crippen LogP contribution in [0.2, 0.25) is 0 Å². The molecule has 0 radical (unpaired) electrons. The van der Waals surface area contributed by atoms with Gasteiger partial charge in [0, 0.05) is 19.3 Å². The van der Waals surface area contributed by atoms with Gasteiger partial charge in [0.05, 0.1) is 17.2 Å². The summed E-state index contributed by atoms with van der Waals surface area (Å²) in [4.78, 5) is 0. The van der Waals surface area contributed by atoms with Crippen LogP contribution in [0.1, 0.15) is 5.56 Å². The first-order valence-corrected chi connectivity index (χ1v) is 6.04. The van der Waals surface area contributed by atoms with Gasteiger partial charge in [-0.15, -0.1) is 5.10 Å². The molecule has 0 aliphatic rings. The number of rotatable bonds is 5. The Morgan fingerprint density at radius 1 is 1.41 bits per heavy atom. The van der Waals surface area contributed by atoms with Crippen molar-refractivity contribution in [1.29, 1.82) is 0 Å². The summed E-state index contributed by atoms with van der Waals surface area (Å²) in [6, 6.07) is 5.00. The van der Waals surface area contributed by atoms with E-state index in [1.807, 2.05) is 6.20 Å². The van der Waals surface area contributed by atoms with E-state index in [0.29, 0.717) is 11.0 Å². The fourth-order valence-corrected chi connectivity index (χ4v) is 1.85. The number of hydrogen-bond donors (Lipinski definition) is 1. The standard InChI is InChI=1S/C11H12BrFN4/c12-10-7-9(1-2-11(10)13)8-14-3-5-17-6-4-15-16-17/h1-2,4,6-7,14H,3,5,8H2. The molecule has 6 heteroatoms. The molecule has 90 valence electrons. The van der Waals surface area contributed by atoms with E-state index in [1.165, 1.54) is 6.07 Å². The minimum Gasteiger partial charge on any atom is -0.311 e. The van der Waals surface area contributed by atoms with E-state index in [-0.39, 0.29) is 5.82 Å². The molecule has 0 spiro atoms. The molecule has 1 aromatic carbocycles. The second kappa shape index (κ2) is 5.88. The summed E-state index contributed by atoms with van der Waals surface area (Å²) in [6.07, 6.45) is 3.47. The molecule has 1 heterocycles. The van der Waals surface area contributed by atoms with Gasteiger partial charge in [-0.2, -0.15) is 0 Å². The van der Waals surface area contributed by atoms with Crippen molar-refractivity contribution in [3.63, 3.8) is 0 Å². The smallest absolute Gasteiger partial charge is 0.137 e. The Kier molecular flexibility index (Phi) is 4.22. The summed E-state index contributed by atoms with van der Waals surface area (Å²) in [6.45, 7) is 2.26. The second-order valence-electron chi connectivity index (χ2n) is 3.59. The maximum absolute atomic E-state index is 13.0. The van der Waals surface area contributed by atoms with E-state index < -0.39 is 0 Å². The number of halogens is 2. The molecular weight excluding hydrogens is 287 g/mol. The van der Waals surface area contributed by atoms with Gasteiger partial charge in [-0.3, -0.25) is 4.68 Å². The van der Waals surface area contributed by atoms with Crippen molar-refractivity contribution in [2.75, 3.05) is 6.54 Å². The van der Waals surface area contributed by atoms with Gasteiger partial charge in [0.2, 0.25) is 0 Å². The van der Waals surface area contributed by atoms with Crippen molar-refractivity contribution >= 4 is 15.9 Å². The van der Waals surface area contributed by atoms with Crippen molar-refractivity contribution in [2.45, 2.75) is 13.1 Å². The predicted molar refractivity (Wildman–Crippen MR) is 65.8 cm³/mol. The van der Waals surface area contributed by atoms with E-state index in [4.69, 9.17) is 0 Å². The molecule has 1 aromatic heterocycles. The van der Waals surface area contributed by atoms with Crippen LogP contribution in [0.4, 0.5) is 4.39 Å². The van der Waals surface area contributed by atoms with Crippen LogP contribution < -0.4 is 5.32 Å². The van der Waals surface area contributed by atoms with Crippen molar-refractivity contribution in [3.05, 3.63) is 46.4 Å². The highest BCUT2D eigenvalue weighted by molar-refractivity contribution is 9.10. The summed E-state index contributed by atoms with van der Waals surface area (Å²) in [5.74, 6) is -0.239. The monoisotopic (exact) mass is 298 g/mol. The molecule has 1 N–H and O–H groups in total. The summed E-state index contributed by atoms with van der Waals surface area (Å²) in [5.41, 5.74) is 1.04. The second-order valence-corrected chi connectivity index (χ2v) is 4.45. The van der Waals surface area contributed by atoms with E-state index >= 15 is 0 Å². The Bertz CT molecular complexity index is 472. The van der Waals surface area contributed by atoms with Crippen molar-refractivity contribution in [3.8, 4) is 0 Å². The number of nitrogens with one attached hydrogen (secondary N) is 1. The number of aromatic nitrogens is 3. The Hall–Kier alpha value is -1.27. The Morgan fingerprint density at radius 3 is 3.00 bits per heavy atom. The minimum atomic E-state index is -0.239. The lowest BCUT2D eigenvalue weighted by Gasteiger charge is -2.05. The van der Waals surface area contributed by atoms with Crippen LogP contribution in [0.5, 0.6) is 0 Å². The van der Waals surface area contributed by atoms with Crippen LogP contribution in [0, 0.1) is 5.82 Å².